The van der Waals surface area contributed by atoms with Gasteiger partial charge < -0.3 is 5.11 Å². The second-order valence-electron chi connectivity index (χ2n) is 7.49. The van der Waals surface area contributed by atoms with Crippen LogP contribution in [0.4, 0.5) is 4.39 Å². The molecule has 0 atom stereocenters. The first-order chi connectivity index (χ1) is 10.5. The van der Waals surface area contributed by atoms with E-state index in [9.17, 15) is 9.50 Å². The Balaban J connectivity index is 2.66. The van der Waals surface area contributed by atoms with Crippen molar-refractivity contribution < 1.29 is 9.50 Å². The number of rotatable bonds is 5. The largest absolute Gasteiger partial charge is 0.386 e. The molecule has 0 spiro atoms. The van der Waals surface area contributed by atoms with Crippen molar-refractivity contribution in [2.75, 3.05) is 13.6 Å². The highest BCUT2D eigenvalue weighted by Crippen LogP contribution is 2.24. The molecule has 0 unspecified atom stereocenters. The molecule has 0 fully saturated rings. The van der Waals surface area contributed by atoms with E-state index < -0.39 is 5.60 Å². The molecule has 3 heteroatoms. The van der Waals surface area contributed by atoms with Gasteiger partial charge in [0, 0.05) is 24.1 Å². The molecule has 0 saturated carbocycles. The third-order valence-corrected chi connectivity index (χ3v) is 3.21. The van der Waals surface area contributed by atoms with Gasteiger partial charge in [0.25, 0.3) is 0 Å². The van der Waals surface area contributed by atoms with Crippen LogP contribution in [0, 0.1) is 23.1 Å². The lowest BCUT2D eigenvalue weighted by molar-refractivity contribution is 0.0744. The van der Waals surface area contributed by atoms with Gasteiger partial charge in [0.1, 0.15) is 5.82 Å². The highest BCUT2D eigenvalue weighted by Gasteiger charge is 2.20. The van der Waals surface area contributed by atoms with Crippen LogP contribution >= 0.6 is 0 Å². The Hall–Kier alpha value is -1.63. The van der Waals surface area contributed by atoms with Crippen molar-refractivity contribution in [2.45, 2.75) is 46.8 Å². The Kier molecular flexibility index (Phi) is 6.56. The van der Waals surface area contributed by atoms with E-state index in [1.807, 2.05) is 19.2 Å². The average Bonchev–Trinajstić information content (AvgIpc) is 2.38. The molecule has 1 aromatic carbocycles. The predicted octanol–water partition coefficient (Wildman–Crippen LogP) is 4.09. The maximum Gasteiger partial charge on any atom is 0.129 e. The number of hydrogen-bond acceptors (Lipinski definition) is 2. The molecular weight excluding hydrogens is 289 g/mol. The quantitative estimate of drug-likeness (QED) is 0.827. The van der Waals surface area contributed by atoms with Crippen molar-refractivity contribution in [3.63, 3.8) is 0 Å². The van der Waals surface area contributed by atoms with Crippen LogP contribution in [0.15, 0.2) is 30.4 Å². The lowest BCUT2D eigenvalue weighted by atomic mass is 9.96. The van der Waals surface area contributed by atoms with Gasteiger partial charge in [-0.05, 0) is 65.4 Å². The second-order valence-corrected chi connectivity index (χ2v) is 7.49. The number of aliphatic hydroxyl groups is 1. The highest BCUT2D eigenvalue weighted by molar-refractivity contribution is 5.29. The number of halogens is 1. The van der Waals surface area contributed by atoms with Gasteiger partial charge in [-0.25, -0.2) is 4.39 Å². The maximum atomic E-state index is 13.8. The highest BCUT2D eigenvalue weighted by atomic mass is 19.1. The SMILES string of the molecule is CN(CC=CC#CC(C)(C)C)Cc1ccc(F)c(C(C)(C)O)c1. The van der Waals surface area contributed by atoms with Crippen LogP contribution in [0.25, 0.3) is 0 Å². The lowest BCUT2D eigenvalue weighted by Crippen LogP contribution is -2.20. The normalized spacial score (nSPS) is 12.6. The molecule has 0 bridgehead atoms. The minimum absolute atomic E-state index is 0.0118. The second kappa shape index (κ2) is 7.77. The Morgan fingerprint density at radius 1 is 1.22 bits per heavy atom. The molecule has 1 N–H and O–H groups in total. The summed E-state index contributed by atoms with van der Waals surface area (Å²) in [5.74, 6) is 5.82. The molecule has 0 heterocycles. The summed E-state index contributed by atoms with van der Waals surface area (Å²) in [6.45, 7) is 10.9. The minimum Gasteiger partial charge on any atom is -0.386 e. The van der Waals surface area contributed by atoms with Crippen molar-refractivity contribution in [3.05, 3.63) is 47.3 Å². The molecule has 2 nitrogen and oxygen atoms in total. The molecule has 0 saturated heterocycles. The maximum absolute atomic E-state index is 13.8. The number of hydrogen-bond donors (Lipinski definition) is 1. The van der Waals surface area contributed by atoms with Gasteiger partial charge >= 0.3 is 0 Å². The van der Waals surface area contributed by atoms with E-state index >= 15 is 0 Å². The van der Waals surface area contributed by atoms with Crippen molar-refractivity contribution in [1.29, 1.82) is 0 Å². The summed E-state index contributed by atoms with van der Waals surface area (Å²) >= 11 is 0. The van der Waals surface area contributed by atoms with Gasteiger partial charge in [-0.15, -0.1) is 0 Å². The molecule has 0 aliphatic heterocycles. The molecule has 0 aromatic heterocycles. The van der Waals surface area contributed by atoms with E-state index in [0.717, 1.165) is 12.1 Å². The van der Waals surface area contributed by atoms with Gasteiger partial charge in [-0.2, -0.15) is 0 Å². The first-order valence-corrected chi connectivity index (χ1v) is 7.86. The summed E-state index contributed by atoms with van der Waals surface area (Å²) in [6, 6.07) is 4.90. The summed E-state index contributed by atoms with van der Waals surface area (Å²) in [4.78, 5) is 2.11. The molecule has 126 valence electrons. The fourth-order valence-electron chi connectivity index (χ4n) is 2.07. The lowest BCUT2D eigenvalue weighted by Gasteiger charge is -2.21. The molecule has 23 heavy (non-hydrogen) atoms. The predicted molar refractivity (Wildman–Crippen MR) is 94.3 cm³/mol. The third-order valence-electron chi connectivity index (χ3n) is 3.21. The van der Waals surface area contributed by atoms with Gasteiger partial charge in [0.15, 0.2) is 0 Å². The molecule has 1 rings (SSSR count). The number of nitrogens with zero attached hydrogens (tertiary/aromatic N) is 1. The fourth-order valence-corrected chi connectivity index (χ4v) is 2.07. The standard InChI is InChI=1S/C20H28FNO/c1-19(2,3)12-8-7-9-13-22(6)15-16-10-11-18(21)17(14-16)20(4,5)23/h7,9-11,14,23H,13,15H2,1-6H3. The van der Waals surface area contributed by atoms with Crippen LogP contribution in [-0.2, 0) is 12.1 Å². The number of allylic oxidation sites excluding steroid dienone is 1. The Bertz CT molecular complexity index is 609. The van der Waals surface area contributed by atoms with Crippen molar-refractivity contribution in [2.24, 2.45) is 5.41 Å². The Morgan fingerprint density at radius 3 is 2.43 bits per heavy atom. The summed E-state index contributed by atoms with van der Waals surface area (Å²) in [5.41, 5.74) is 0.133. The molecule has 0 aliphatic rings. The van der Waals surface area contributed by atoms with Gasteiger partial charge in [-0.3, -0.25) is 4.90 Å². The Labute approximate surface area is 140 Å². The Morgan fingerprint density at radius 2 is 1.87 bits per heavy atom. The van der Waals surface area contributed by atoms with E-state index in [1.54, 1.807) is 26.0 Å². The topological polar surface area (TPSA) is 23.5 Å². The smallest absolute Gasteiger partial charge is 0.129 e. The van der Waals surface area contributed by atoms with E-state index in [1.165, 1.54) is 6.07 Å². The van der Waals surface area contributed by atoms with Gasteiger partial charge in [0.2, 0.25) is 0 Å². The summed E-state index contributed by atoms with van der Waals surface area (Å²) < 4.78 is 13.8. The van der Waals surface area contributed by atoms with Crippen LogP contribution in [0.3, 0.4) is 0 Å². The van der Waals surface area contributed by atoms with Crippen molar-refractivity contribution in [3.8, 4) is 11.8 Å². The summed E-state index contributed by atoms with van der Waals surface area (Å²) in [5, 5.41) is 10.0. The van der Waals surface area contributed by atoms with E-state index in [-0.39, 0.29) is 11.2 Å². The van der Waals surface area contributed by atoms with Crippen LogP contribution in [0.1, 0.15) is 45.7 Å². The van der Waals surface area contributed by atoms with E-state index in [0.29, 0.717) is 12.1 Å². The first kappa shape index (κ1) is 19.4. The summed E-state index contributed by atoms with van der Waals surface area (Å²) in [7, 11) is 1.99. The number of benzene rings is 1. The van der Waals surface area contributed by atoms with E-state index in [2.05, 4.69) is 37.5 Å². The average molecular weight is 317 g/mol. The minimum atomic E-state index is -1.18. The van der Waals surface area contributed by atoms with Crippen molar-refractivity contribution in [1.82, 2.24) is 4.90 Å². The summed E-state index contributed by atoms with van der Waals surface area (Å²) in [6.07, 6.45) is 3.88. The zero-order valence-electron chi connectivity index (χ0n) is 15.1. The molecule has 0 aliphatic carbocycles. The van der Waals surface area contributed by atoms with Crippen LogP contribution in [0.5, 0.6) is 0 Å². The molecule has 0 amide bonds. The number of likely N-dealkylation sites (N-methyl/N-ethyl adjacent to an activating group) is 1. The molecule has 1 aromatic rings. The van der Waals surface area contributed by atoms with Gasteiger partial charge in [-0.1, -0.05) is 24.0 Å². The monoisotopic (exact) mass is 317 g/mol. The first-order valence-electron chi connectivity index (χ1n) is 7.86. The van der Waals surface area contributed by atoms with Crippen LogP contribution in [-0.4, -0.2) is 23.6 Å². The zero-order chi connectivity index (χ0) is 17.7. The molecule has 0 radical (unpaired) electrons. The third kappa shape index (κ3) is 7.45. The van der Waals surface area contributed by atoms with Crippen LogP contribution < -0.4 is 0 Å². The van der Waals surface area contributed by atoms with Crippen molar-refractivity contribution >= 4 is 0 Å². The molecular formula is C20H28FNO. The zero-order valence-corrected chi connectivity index (χ0v) is 15.1. The fraction of sp³-hybridized carbons (Fsp3) is 0.500. The van der Waals surface area contributed by atoms with Gasteiger partial charge in [0.05, 0.1) is 5.60 Å². The van der Waals surface area contributed by atoms with E-state index in [4.69, 9.17) is 0 Å². The van der Waals surface area contributed by atoms with Crippen LogP contribution in [0.2, 0.25) is 0 Å².